The highest BCUT2D eigenvalue weighted by atomic mass is 14.6. The molecule has 3 aliphatic rings. The van der Waals surface area contributed by atoms with Crippen molar-refractivity contribution in [3.05, 3.63) is 0 Å². The minimum Gasteiger partial charge on any atom is -0.0620 e. The van der Waals surface area contributed by atoms with Crippen molar-refractivity contribution in [3.63, 3.8) is 0 Å². The molecular weight excluding hydrogens is 192 g/mol. The fourth-order valence-corrected chi connectivity index (χ4v) is 4.26. The summed E-state index contributed by atoms with van der Waals surface area (Å²) in [7, 11) is 0. The Kier molecular flexibility index (Phi) is 2.92. The van der Waals surface area contributed by atoms with E-state index in [1.165, 1.54) is 25.7 Å². The van der Waals surface area contributed by atoms with Crippen LogP contribution >= 0.6 is 0 Å². The molecule has 2 bridgehead atoms. The topological polar surface area (TPSA) is 0 Å². The molecule has 0 heterocycles. The van der Waals surface area contributed by atoms with Gasteiger partial charge < -0.3 is 0 Å². The van der Waals surface area contributed by atoms with Gasteiger partial charge in [-0.2, -0.15) is 0 Å². The summed E-state index contributed by atoms with van der Waals surface area (Å²) in [5.41, 5.74) is 1.19. The first-order valence-corrected chi connectivity index (χ1v) is 7.22. The molecule has 0 aromatic rings. The molecule has 3 rings (SSSR count). The average Bonchev–Trinajstić information content (AvgIpc) is 2.13. The molecule has 4 unspecified atom stereocenters. The van der Waals surface area contributed by atoms with E-state index in [4.69, 9.17) is 0 Å². The lowest BCUT2D eigenvalue weighted by Gasteiger charge is -2.62. The van der Waals surface area contributed by atoms with Gasteiger partial charge in [0.2, 0.25) is 0 Å². The molecule has 94 valence electrons. The molecule has 0 aromatic carbocycles. The molecule has 0 nitrogen and oxygen atoms in total. The molecule has 16 heavy (non-hydrogen) atoms. The first-order chi connectivity index (χ1) is 7.22. The van der Waals surface area contributed by atoms with E-state index >= 15 is 0 Å². The molecule has 0 N–H and O–H groups in total. The van der Waals surface area contributed by atoms with Crippen molar-refractivity contribution in [1.29, 1.82) is 0 Å². The second-order valence-corrected chi connectivity index (χ2v) is 8.31. The first-order valence-electron chi connectivity index (χ1n) is 7.22. The highest BCUT2D eigenvalue weighted by molar-refractivity contribution is 5.04. The number of hydrogen-bond acceptors (Lipinski definition) is 0. The fraction of sp³-hybridized carbons (Fsp3) is 1.00. The zero-order valence-electron chi connectivity index (χ0n) is 12.1. The third-order valence-electron chi connectivity index (χ3n) is 5.78. The fourth-order valence-electron chi connectivity index (χ4n) is 4.26. The SMILES string of the molecule is CC1C(CCC(C)(C)C)CC2CC1C2(C)C. The van der Waals surface area contributed by atoms with E-state index in [1.54, 1.807) is 0 Å². The van der Waals surface area contributed by atoms with Crippen LogP contribution in [-0.4, -0.2) is 0 Å². The maximum Gasteiger partial charge on any atom is -0.0295 e. The van der Waals surface area contributed by atoms with Crippen LogP contribution in [0.15, 0.2) is 0 Å². The summed E-state index contributed by atoms with van der Waals surface area (Å²) in [4.78, 5) is 0. The van der Waals surface area contributed by atoms with Crippen LogP contribution in [0, 0.1) is 34.5 Å². The predicted molar refractivity (Wildman–Crippen MR) is 71.3 cm³/mol. The number of rotatable bonds is 2. The van der Waals surface area contributed by atoms with Gasteiger partial charge in [-0.25, -0.2) is 0 Å². The van der Waals surface area contributed by atoms with Gasteiger partial charge in [0.15, 0.2) is 0 Å². The van der Waals surface area contributed by atoms with Crippen LogP contribution in [0.2, 0.25) is 0 Å². The summed E-state index contributed by atoms with van der Waals surface area (Å²) in [5, 5.41) is 0. The van der Waals surface area contributed by atoms with Gasteiger partial charge in [-0.1, -0.05) is 41.5 Å². The van der Waals surface area contributed by atoms with Gasteiger partial charge in [0.25, 0.3) is 0 Å². The third kappa shape index (κ3) is 2.05. The largest absolute Gasteiger partial charge is 0.0620 e. The van der Waals surface area contributed by atoms with Crippen molar-refractivity contribution in [2.75, 3.05) is 0 Å². The standard InChI is InChI=1S/C16H30/c1-11-12(7-8-15(2,3)4)9-13-10-14(11)16(13,5)6/h11-14H,7-10H2,1-6H3. The van der Waals surface area contributed by atoms with Crippen LogP contribution in [0.25, 0.3) is 0 Å². The van der Waals surface area contributed by atoms with Crippen LogP contribution < -0.4 is 0 Å². The maximum atomic E-state index is 2.52. The molecule has 0 amide bonds. The van der Waals surface area contributed by atoms with E-state index in [1.807, 2.05) is 0 Å². The summed E-state index contributed by atoms with van der Waals surface area (Å²) in [6, 6.07) is 0. The number of hydrogen-bond donors (Lipinski definition) is 0. The molecule has 0 spiro atoms. The quantitative estimate of drug-likeness (QED) is 0.607. The normalized spacial score (nSPS) is 41.6. The van der Waals surface area contributed by atoms with Gasteiger partial charge in [-0.3, -0.25) is 0 Å². The Morgan fingerprint density at radius 3 is 2.19 bits per heavy atom. The van der Waals surface area contributed by atoms with Crippen molar-refractivity contribution >= 4 is 0 Å². The van der Waals surface area contributed by atoms with Crippen molar-refractivity contribution in [2.24, 2.45) is 34.5 Å². The first kappa shape index (κ1) is 12.5. The predicted octanol–water partition coefficient (Wildman–Crippen LogP) is 5.13. The Hall–Kier alpha value is 0. The lowest BCUT2D eigenvalue weighted by molar-refractivity contribution is -0.131. The summed E-state index contributed by atoms with van der Waals surface area (Å²) in [6.45, 7) is 14.7. The Bertz CT molecular complexity index is 256. The lowest BCUT2D eigenvalue weighted by atomic mass is 9.43. The molecular formula is C16H30. The van der Waals surface area contributed by atoms with Crippen molar-refractivity contribution < 1.29 is 0 Å². The minimum absolute atomic E-state index is 0.525. The van der Waals surface area contributed by atoms with Crippen molar-refractivity contribution in [3.8, 4) is 0 Å². The monoisotopic (exact) mass is 222 g/mol. The van der Waals surface area contributed by atoms with Gasteiger partial charge in [0, 0.05) is 0 Å². The second-order valence-electron chi connectivity index (χ2n) is 8.31. The van der Waals surface area contributed by atoms with Crippen LogP contribution in [0.1, 0.15) is 67.2 Å². The van der Waals surface area contributed by atoms with Crippen LogP contribution in [0.4, 0.5) is 0 Å². The van der Waals surface area contributed by atoms with Crippen LogP contribution in [0.5, 0.6) is 0 Å². The zero-order valence-corrected chi connectivity index (χ0v) is 12.1. The van der Waals surface area contributed by atoms with Crippen molar-refractivity contribution in [1.82, 2.24) is 0 Å². The van der Waals surface area contributed by atoms with E-state index in [9.17, 15) is 0 Å². The maximum absolute atomic E-state index is 2.52. The Balaban J connectivity index is 1.91. The minimum atomic E-state index is 0.525. The molecule has 3 fully saturated rings. The molecule has 0 aliphatic heterocycles. The highest BCUT2D eigenvalue weighted by Crippen LogP contribution is 2.63. The van der Waals surface area contributed by atoms with Gasteiger partial charge in [-0.15, -0.1) is 0 Å². The van der Waals surface area contributed by atoms with E-state index in [2.05, 4.69) is 41.5 Å². The van der Waals surface area contributed by atoms with E-state index in [0.717, 1.165) is 23.7 Å². The molecule has 0 heteroatoms. The summed E-state index contributed by atoms with van der Waals surface area (Å²) >= 11 is 0. The van der Waals surface area contributed by atoms with Crippen molar-refractivity contribution in [2.45, 2.75) is 67.2 Å². The molecule has 3 saturated carbocycles. The zero-order chi connectivity index (χ0) is 12.1. The molecule has 3 aliphatic carbocycles. The van der Waals surface area contributed by atoms with E-state index < -0.39 is 0 Å². The Labute approximate surface area is 102 Å². The van der Waals surface area contributed by atoms with Gasteiger partial charge in [-0.05, 0) is 60.2 Å². The van der Waals surface area contributed by atoms with E-state index in [0.29, 0.717) is 10.8 Å². The molecule has 0 saturated heterocycles. The lowest BCUT2D eigenvalue weighted by Crippen LogP contribution is -2.54. The molecule has 0 aromatic heterocycles. The second kappa shape index (κ2) is 3.75. The summed E-state index contributed by atoms with van der Waals surface area (Å²) in [6.07, 6.45) is 5.91. The van der Waals surface area contributed by atoms with Gasteiger partial charge in [0.1, 0.15) is 0 Å². The molecule has 4 atom stereocenters. The molecule has 0 radical (unpaired) electrons. The van der Waals surface area contributed by atoms with Gasteiger partial charge >= 0.3 is 0 Å². The highest BCUT2D eigenvalue weighted by Gasteiger charge is 2.55. The van der Waals surface area contributed by atoms with Crippen LogP contribution in [0.3, 0.4) is 0 Å². The van der Waals surface area contributed by atoms with E-state index in [-0.39, 0.29) is 0 Å². The number of fused-ring (bicyclic) bond motifs is 2. The summed E-state index contributed by atoms with van der Waals surface area (Å²) < 4.78 is 0. The average molecular weight is 222 g/mol. The summed E-state index contributed by atoms with van der Waals surface area (Å²) in [5.74, 6) is 4.06. The third-order valence-corrected chi connectivity index (χ3v) is 5.78. The van der Waals surface area contributed by atoms with Gasteiger partial charge in [0.05, 0.1) is 0 Å². The van der Waals surface area contributed by atoms with Crippen LogP contribution in [-0.2, 0) is 0 Å². The Morgan fingerprint density at radius 1 is 1.12 bits per heavy atom. The Morgan fingerprint density at radius 2 is 1.75 bits per heavy atom. The smallest absolute Gasteiger partial charge is 0.0295 e.